The summed E-state index contributed by atoms with van der Waals surface area (Å²) in [6.45, 7) is 4.23. The highest BCUT2D eigenvalue weighted by atomic mass is 79.9. The number of rotatable bonds is 3. The van der Waals surface area contributed by atoms with Gasteiger partial charge in [0, 0.05) is 10.5 Å². The predicted molar refractivity (Wildman–Crippen MR) is 85.6 cm³/mol. The van der Waals surface area contributed by atoms with Crippen LogP contribution in [0.15, 0.2) is 28.7 Å². The summed E-state index contributed by atoms with van der Waals surface area (Å²) in [7, 11) is 0. The molecule has 0 bridgehead atoms. The number of carbonyl (C=O) groups is 1. The second-order valence-corrected chi connectivity index (χ2v) is 6.58. The Morgan fingerprint density at radius 2 is 2.00 bits per heavy atom. The summed E-state index contributed by atoms with van der Waals surface area (Å²) in [6.07, 6.45) is 4.81. The van der Waals surface area contributed by atoms with Gasteiger partial charge in [-0.2, -0.15) is 0 Å². The fourth-order valence-electron chi connectivity index (χ4n) is 2.84. The maximum Gasteiger partial charge on any atom is 0.315 e. The van der Waals surface area contributed by atoms with Gasteiger partial charge in [0.25, 0.3) is 0 Å². The number of nitrogens with one attached hydrogen (secondary N) is 2. The normalized spacial score (nSPS) is 23.9. The molecule has 1 fully saturated rings. The van der Waals surface area contributed by atoms with Gasteiger partial charge in [0.05, 0.1) is 6.04 Å². The fourth-order valence-corrected chi connectivity index (χ4v) is 3.47. The molecule has 3 unspecified atom stereocenters. The Kier molecular flexibility index (Phi) is 5.46. The van der Waals surface area contributed by atoms with Crippen LogP contribution in [0.2, 0.25) is 0 Å². The van der Waals surface area contributed by atoms with Crippen molar-refractivity contribution in [1.82, 2.24) is 10.6 Å². The zero-order chi connectivity index (χ0) is 14.5. The summed E-state index contributed by atoms with van der Waals surface area (Å²) in [5, 5.41) is 6.15. The first-order valence-corrected chi connectivity index (χ1v) is 8.18. The van der Waals surface area contributed by atoms with Crippen LogP contribution in [0.3, 0.4) is 0 Å². The van der Waals surface area contributed by atoms with Crippen LogP contribution in [0.4, 0.5) is 4.79 Å². The third kappa shape index (κ3) is 3.98. The van der Waals surface area contributed by atoms with Crippen LogP contribution in [0.5, 0.6) is 0 Å². The quantitative estimate of drug-likeness (QED) is 0.843. The van der Waals surface area contributed by atoms with Gasteiger partial charge in [-0.15, -0.1) is 0 Å². The Morgan fingerprint density at radius 3 is 2.70 bits per heavy atom. The highest BCUT2D eigenvalue weighted by Gasteiger charge is 2.23. The van der Waals surface area contributed by atoms with E-state index >= 15 is 0 Å². The van der Waals surface area contributed by atoms with Gasteiger partial charge in [0.2, 0.25) is 0 Å². The Labute approximate surface area is 129 Å². The zero-order valence-corrected chi connectivity index (χ0v) is 13.7. The first kappa shape index (κ1) is 15.4. The first-order chi connectivity index (χ1) is 9.58. The summed E-state index contributed by atoms with van der Waals surface area (Å²) < 4.78 is 1.03. The number of benzene rings is 1. The smallest absolute Gasteiger partial charge is 0.315 e. The van der Waals surface area contributed by atoms with Gasteiger partial charge in [0.15, 0.2) is 0 Å². The number of urea groups is 1. The van der Waals surface area contributed by atoms with Crippen LogP contribution in [-0.4, -0.2) is 12.1 Å². The third-order valence-electron chi connectivity index (χ3n) is 4.15. The van der Waals surface area contributed by atoms with Crippen LogP contribution in [-0.2, 0) is 0 Å². The zero-order valence-electron chi connectivity index (χ0n) is 12.2. The maximum atomic E-state index is 12.1. The molecule has 1 aromatic rings. The van der Waals surface area contributed by atoms with Crippen molar-refractivity contribution in [3.05, 3.63) is 34.3 Å². The van der Waals surface area contributed by atoms with Crippen molar-refractivity contribution in [2.24, 2.45) is 5.92 Å². The lowest BCUT2D eigenvalue weighted by molar-refractivity contribution is 0.219. The van der Waals surface area contributed by atoms with Crippen molar-refractivity contribution in [2.75, 3.05) is 0 Å². The van der Waals surface area contributed by atoms with E-state index in [0.29, 0.717) is 12.0 Å². The summed E-state index contributed by atoms with van der Waals surface area (Å²) in [4.78, 5) is 12.1. The molecule has 110 valence electrons. The van der Waals surface area contributed by atoms with E-state index in [4.69, 9.17) is 0 Å². The second-order valence-electron chi connectivity index (χ2n) is 5.73. The Hall–Kier alpha value is -1.03. The Morgan fingerprint density at radius 1 is 1.30 bits per heavy atom. The van der Waals surface area contributed by atoms with E-state index in [1.165, 1.54) is 19.3 Å². The summed E-state index contributed by atoms with van der Waals surface area (Å²) in [5.74, 6) is 0.577. The van der Waals surface area contributed by atoms with Crippen molar-refractivity contribution in [2.45, 2.75) is 51.6 Å². The molecule has 2 rings (SSSR count). The van der Waals surface area contributed by atoms with Gasteiger partial charge in [-0.3, -0.25) is 0 Å². The molecule has 4 heteroatoms. The van der Waals surface area contributed by atoms with E-state index in [-0.39, 0.29) is 12.1 Å². The van der Waals surface area contributed by atoms with Crippen LogP contribution >= 0.6 is 15.9 Å². The van der Waals surface area contributed by atoms with Gasteiger partial charge in [-0.1, -0.05) is 53.9 Å². The summed E-state index contributed by atoms with van der Waals surface area (Å²) >= 11 is 3.52. The lowest BCUT2D eigenvalue weighted by Gasteiger charge is -2.30. The third-order valence-corrected chi connectivity index (χ3v) is 4.87. The lowest BCUT2D eigenvalue weighted by atomic mass is 9.86. The molecule has 1 saturated carbocycles. The van der Waals surface area contributed by atoms with Crippen LogP contribution in [0.1, 0.15) is 51.1 Å². The molecule has 2 N–H and O–H groups in total. The SMILES string of the molecule is CC(NC(=O)NC1CCCCC1C)c1ccccc1Br. The Balaban J connectivity index is 1.89. The average molecular weight is 339 g/mol. The van der Waals surface area contributed by atoms with E-state index in [1.807, 2.05) is 31.2 Å². The molecule has 0 spiro atoms. The van der Waals surface area contributed by atoms with E-state index < -0.39 is 0 Å². The van der Waals surface area contributed by atoms with Crippen molar-refractivity contribution >= 4 is 22.0 Å². The van der Waals surface area contributed by atoms with Crippen molar-refractivity contribution < 1.29 is 4.79 Å². The molecule has 3 nitrogen and oxygen atoms in total. The number of amides is 2. The van der Waals surface area contributed by atoms with Crippen LogP contribution in [0.25, 0.3) is 0 Å². The van der Waals surface area contributed by atoms with Crippen LogP contribution < -0.4 is 10.6 Å². The van der Waals surface area contributed by atoms with Crippen molar-refractivity contribution in [3.63, 3.8) is 0 Å². The molecule has 1 aliphatic carbocycles. The highest BCUT2D eigenvalue weighted by molar-refractivity contribution is 9.10. The lowest BCUT2D eigenvalue weighted by Crippen LogP contribution is -2.46. The van der Waals surface area contributed by atoms with Crippen molar-refractivity contribution in [3.8, 4) is 0 Å². The highest BCUT2D eigenvalue weighted by Crippen LogP contribution is 2.24. The molecule has 20 heavy (non-hydrogen) atoms. The monoisotopic (exact) mass is 338 g/mol. The molecular weight excluding hydrogens is 316 g/mol. The van der Waals surface area contributed by atoms with Gasteiger partial charge < -0.3 is 10.6 Å². The molecule has 0 heterocycles. The van der Waals surface area contributed by atoms with Gasteiger partial charge in [-0.25, -0.2) is 4.79 Å². The van der Waals surface area contributed by atoms with E-state index in [0.717, 1.165) is 16.5 Å². The second kappa shape index (κ2) is 7.11. The predicted octanol–water partition coefficient (Wildman–Crippen LogP) is 4.39. The molecule has 3 atom stereocenters. The standard InChI is InChI=1S/C16H23BrN2O/c1-11-7-3-6-10-15(11)19-16(20)18-12(2)13-8-4-5-9-14(13)17/h4-5,8-9,11-12,15H,3,6-7,10H2,1-2H3,(H2,18,19,20). The van der Waals surface area contributed by atoms with Crippen molar-refractivity contribution in [1.29, 1.82) is 0 Å². The van der Waals surface area contributed by atoms with E-state index in [1.54, 1.807) is 0 Å². The largest absolute Gasteiger partial charge is 0.335 e. The molecule has 1 aromatic carbocycles. The topological polar surface area (TPSA) is 41.1 Å². The number of hydrogen-bond acceptors (Lipinski definition) is 1. The number of halogens is 1. The summed E-state index contributed by atoms with van der Waals surface area (Å²) in [5.41, 5.74) is 1.10. The average Bonchev–Trinajstić information content (AvgIpc) is 2.41. The fraction of sp³-hybridized carbons (Fsp3) is 0.562. The van der Waals surface area contributed by atoms with Gasteiger partial charge in [0.1, 0.15) is 0 Å². The first-order valence-electron chi connectivity index (χ1n) is 7.39. The molecule has 0 saturated heterocycles. The minimum atomic E-state index is -0.0630. The molecule has 0 radical (unpaired) electrons. The maximum absolute atomic E-state index is 12.1. The Bertz CT molecular complexity index is 464. The van der Waals surface area contributed by atoms with Gasteiger partial charge in [-0.05, 0) is 37.3 Å². The molecule has 0 aromatic heterocycles. The van der Waals surface area contributed by atoms with E-state index in [9.17, 15) is 4.79 Å². The molecule has 0 aliphatic heterocycles. The minimum absolute atomic E-state index is 0.00975. The van der Waals surface area contributed by atoms with Gasteiger partial charge >= 0.3 is 6.03 Å². The number of hydrogen-bond donors (Lipinski definition) is 2. The summed E-state index contributed by atoms with van der Waals surface area (Å²) in [6, 6.07) is 8.22. The minimum Gasteiger partial charge on any atom is -0.335 e. The van der Waals surface area contributed by atoms with E-state index in [2.05, 4.69) is 33.5 Å². The molecule has 2 amide bonds. The number of carbonyl (C=O) groups excluding carboxylic acids is 1. The molecule has 1 aliphatic rings. The van der Waals surface area contributed by atoms with Crippen LogP contribution in [0, 0.1) is 5.92 Å². The molecular formula is C16H23BrN2O.